The van der Waals surface area contributed by atoms with E-state index in [2.05, 4.69) is 10.3 Å². The van der Waals surface area contributed by atoms with Crippen molar-refractivity contribution in [3.8, 4) is 0 Å². The Hall–Kier alpha value is -3.69. The van der Waals surface area contributed by atoms with Gasteiger partial charge >= 0.3 is 17.9 Å². The van der Waals surface area contributed by atoms with Crippen molar-refractivity contribution in [1.29, 1.82) is 0 Å². The molecule has 2 amide bonds. The van der Waals surface area contributed by atoms with Crippen LogP contribution >= 0.6 is 0 Å². The number of pyridine rings is 1. The van der Waals surface area contributed by atoms with Crippen LogP contribution in [0.25, 0.3) is 0 Å². The Bertz CT molecular complexity index is 1010. The van der Waals surface area contributed by atoms with Gasteiger partial charge in [0.15, 0.2) is 0 Å². The smallest absolute Gasteiger partial charge is 0.420 e. The molecule has 1 aromatic carbocycles. The minimum absolute atomic E-state index is 0.0910. The molecule has 0 bridgehead atoms. The fourth-order valence-corrected chi connectivity index (χ4v) is 2.78. The van der Waals surface area contributed by atoms with Crippen molar-refractivity contribution in [2.24, 2.45) is 0 Å². The molecule has 0 atom stereocenters. The van der Waals surface area contributed by atoms with Gasteiger partial charge in [0.2, 0.25) is 5.82 Å². The predicted octanol–water partition coefficient (Wildman–Crippen LogP) is 5.71. The number of rotatable bonds is 5. The molecule has 0 aliphatic heterocycles. The molecule has 1 aromatic heterocycles. The highest BCUT2D eigenvalue weighted by molar-refractivity contribution is 5.88. The Kier molecular flexibility index (Phi) is 7.63. The second kappa shape index (κ2) is 9.85. The molecular formula is C23H30N4O6. The maximum absolute atomic E-state index is 12.7. The first-order chi connectivity index (χ1) is 15.2. The lowest BCUT2D eigenvalue weighted by Gasteiger charge is -2.28. The summed E-state index contributed by atoms with van der Waals surface area (Å²) in [5.41, 5.74) is -0.205. The number of ether oxygens (including phenoxy) is 2. The van der Waals surface area contributed by atoms with E-state index in [0.717, 1.165) is 4.90 Å². The molecule has 0 spiro atoms. The average molecular weight is 459 g/mol. The highest BCUT2D eigenvalue weighted by Gasteiger charge is 2.31. The number of benzene rings is 1. The lowest BCUT2D eigenvalue weighted by atomic mass is 10.1. The van der Waals surface area contributed by atoms with Crippen LogP contribution in [0.3, 0.4) is 0 Å². The molecule has 33 heavy (non-hydrogen) atoms. The topological polar surface area (TPSA) is 124 Å². The molecule has 2 aromatic rings. The monoisotopic (exact) mass is 458 g/mol. The Morgan fingerprint density at radius 3 is 2.15 bits per heavy atom. The number of nitro groups is 1. The Labute approximate surface area is 193 Å². The van der Waals surface area contributed by atoms with Gasteiger partial charge in [-0.05, 0) is 72.2 Å². The maximum atomic E-state index is 12.7. The number of hydrogen-bond donors (Lipinski definition) is 1. The standard InChI is InChI=1S/C23H30N4O6/c1-15-11-12-24-19(18(15)27(30)31)25-17-10-8-9-16(13-17)14-26(20(28)32-22(2,3)4)21(29)33-23(5,6)7/h8-13H,14H2,1-7H3,(H,24,25). The minimum Gasteiger partial charge on any atom is -0.443 e. The number of carbonyl (C=O) groups excluding carboxylic acids is 2. The number of amides is 2. The summed E-state index contributed by atoms with van der Waals surface area (Å²) in [5, 5.41) is 14.4. The number of aryl methyl sites for hydroxylation is 1. The molecule has 0 radical (unpaired) electrons. The quantitative estimate of drug-likeness (QED) is 0.446. The number of nitrogens with one attached hydrogen (secondary N) is 1. The van der Waals surface area contributed by atoms with Gasteiger partial charge in [0.05, 0.1) is 11.5 Å². The van der Waals surface area contributed by atoms with Gasteiger partial charge in [0.1, 0.15) is 11.2 Å². The molecule has 0 saturated heterocycles. The lowest BCUT2D eigenvalue weighted by Crippen LogP contribution is -2.43. The summed E-state index contributed by atoms with van der Waals surface area (Å²) in [4.78, 5) is 41.3. The summed E-state index contributed by atoms with van der Waals surface area (Å²) in [6.45, 7) is 11.7. The lowest BCUT2D eigenvalue weighted by molar-refractivity contribution is -0.384. The first kappa shape index (κ1) is 25.6. The first-order valence-corrected chi connectivity index (χ1v) is 10.4. The van der Waals surface area contributed by atoms with Crippen molar-refractivity contribution >= 4 is 29.4 Å². The van der Waals surface area contributed by atoms with E-state index >= 15 is 0 Å². The van der Waals surface area contributed by atoms with Gasteiger partial charge in [-0.3, -0.25) is 10.1 Å². The van der Waals surface area contributed by atoms with E-state index in [1.165, 1.54) is 6.20 Å². The molecule has 0 aliphatic carbocycles. The van der Waals surface area contributed by atoms with E-state index in [9.17, 15) is 19.7 Å². The van der Waals surface area contributed by atoms with Gasteiger partial charge < -0.3 is 14.8 Å². The third-order valence-corrected chi connectivity index (χ3v) is 4.07. The van der Waals surface area contributed by atoms with Crippen molar-refractivity contribution in [1.82, 2.24) is 9.88 Å². The number of nitrogens with zero attached hydrogens (tertiary/aromatic N) is 3. The minimum atomic E-state index is -0.842. The second-order valence-corrected chi connectivity index (χ2v) is 9.45. The van der Waals surface area contributed by atoms with Crippen molar-refractivity contribution in [3.63, 3.8) is 0 Å². The van der Waals surface area contributed by atoms with Gasteiger partial charge in [-0.15, -0.1) is 0 Å². The third-order valence-electron chi connectivity index (χ3n) is 4.07. The number of carbonyl (C=O) groups is 2. The normalized spacial score (nSPS) is 11.5. The Morgan fingerprint density at radius 2 is 1.64 bits per heavy atom. The highest BCUT2D eigenvalue weighted by atomic mass is 16.6. The molecule has 0 unspecified atom stereocenters. The van der Waals surface area contributed by atoms with Crippen molar-refractivity contribution < 1.29 is 24.0 Å². The molecule has 1 N–H and O–H groups in total. The molecule has 0 aliphatic rings. The summed E-state index contributed by atoms with van der Waals surface area (Å²) >= 11 is 0. The molecule has 0 fully saturated rings. The van der Waals surface area contributed by atoms with Crippen LogP contribution in [0.2, 0.25) is 0 Å². The van der Waals surface area contributed by atoms with Crippen LogP contribution in [0.4, 0.5) is 26.8 Å². The van der Waals surface area contributed by atoms with Crippen LogP contribution < -0.4 is 5.32 Å². The maximum Gasteiger partial charge on any atom is 0.420 e. The third kappa shape index (κ3) is 7.74. The molecular weight excluding hydrogens is 428 g/mol. The Balaban J connectivity index is 2.32. The predicted molar refractivity (Wildman–Crippen MR) is 123 cm³/mol. The van der Waals surface area contributed by atoms with E-state index in [0.29, 0.717) is 16.8 Å². The average Bonchev–Trinajstić information content (AvgIpc) is 2.63. The SMILES string of the molecule is Cc1ccnc(Nc2cccc(CN(C(=O)OC(C)(C)C)C(=O)OC(C)(C)C)c2)c1[N+](=O)[O-]. The summed E-state index contributed by atoms with van der Waals surface area (Å²) in [7, 11) is 0. The fourth-order valence-electron chi connectivity index (χ4n) is 2.78. The zero-order valence-corrected chi connectivity index (χ0v) is 20.0. The van der Waals surface area contributed by atoms with Crippen LogP contribution in [0, 0.1) is 17.0 Å². The highest BCUT2D eigenvalue weighted by Crippen LogP contribution is 2.29. The van der Waals surface area contributed by atoms with Gasteiger partial charge in [-0.2, -0.15) is 0 Å². The fraction of sp³-hybridized carbons (Fsp3) is 0.435. The molecule has 2 rings (SSSR count). The molecule has 10 heteroatoms. The number of anilines is 2. The summed E-state index contributed by atoms with van der Waals surface area (Å²) in [5.74, 6) is 0.0910. The van der Waals surface area contributed by atoms with E-state index in [4.69, 9.17) is 9.47 Å². The van der Waals surface area contributed by atoms with Crippen LogP contribution in [0.1, 0.15) is 52.7 Å². The van der Waals surface area contributed by atoms with Crippen LogP contribution in [-0.2, 0) is 16.0 Å². The van der Waals surface area contributed by atoms with Crippen LogP contribution in [0.15, 0.2) is 36.5 Å². The zero-order valence-electron chi connectivity index (χ0n) is 20.0. The number of aromatic nitrogens is 1. The first-order valence-electron chi connectivity index (χ1n) is 10.4. The second-order valence-electron chi connectivity index (χ2n) is 9.45. The summed E-state index contributed by atoms with van der Waals surface area (Å²) < 4.78 is 10.7. The van der Waals surface area contributed by atoms with Crippen molar-refractivity contribution in [2.75, 3.05) is 5.32 Å². The largest absolute Gasteiger partial charge is 0.443 e. The number of imide groups is 1. The molecule has 1 heterocycles. The van der Waals surface area contributed by atoms with Crippen LogP contribution in [0.5, 0.6) is 0 Å². The molecule has 178 valence electrons. The number of hydrogen-bond acceptors (Lipinski definition) is 8. The molecule has 0 saturated carbocycles. The van der Waals surface area contributed by atoms with E-state index < -0.39 is 28.3 Å². The molecule has 10 nitrogen and oxygen atoms in total. The van der Waals surface area contributed by atoms with E-state index in [-0.39, 0.29) is 18.1 Å². The summed E-state index contributed by atoms with van der Waals surface area (Å²) in [6.07, 6.45) is -0.210. The summed E-state index contributed by atoms with van der Waals surface area (Å²) in [6, 6.07) is 8.32. The van der Waals surface area contributed by atoms with Gasteiger partial charge in [0.25, 0.3) is 0 Å². The van der Waals surface area contributed by atoms with E-state index in [1.54, 1.807) is 78.8 Å². The van der Waals surface area contributed by atoms with Crippen LogP contribution in [-0.4, -0.2) is 38.2 Å². The van der Waals surface area contributed by atoms with Gasteiger partial charge in [-0.25, -0.2) is 19.5 Å². The van der Waals surface area contributed by atoms with Gasteiger partial charge in [-0.1, -0.05) is 12.1 Å². The van der Waals surface area contributed by atoms with Crippen molar-refractivity contribution in [2.45, 2.75) is 66.2 Å². The Morgan fingerprint density at radius 1 is 1.06 bits per heavy atom. The van der Waals surface area contributed by atoms with Gasteiger partial charge in [0, 0.05) is 17.4 Å². The van der Waals surface area contributed by atoms with Crippen molar-refractivity contribution in [3.05, 3.63) is 57.8 Å². The zero-order chi connectivity index (χ0) is 25.0. The van der Waals surface area contributed by atoms with E-state index in [1.807, 2.05) is 0 Å².